The van der Waals surface area contributed by atoms with E-state index >= 15 is 0 Å². The van der Waals surface area contributed by atoms with Gasteiger partial charge in [-0.2, -0.15) is 0 Å². The lowest BCUT2D eigenvalue weighted by molar-refractivity contribution is -0.0586. The van der Waals surface area contributed by atoms with Crippen molar-refractivity contribution in [2.45, 2.75) is 39.9 Å². The van der Waals surface area contributed by atoms with Crippen LogP contribution in [0, 0.1) is 13.8 Å². The van der Waals surface area contributed by atoms with Crippen molar-refractivity contribution in [3.63, 3.8) is 0 Å². The molecule has 0 aliphatic carbocycles. The Labute approximate surface area is 135 Å². The fraction of sp³-hybridized carbons (Fsp3) is 0.471. The topological polar surface area (TPSA) is 34.5 Å². The summed E-state index contributed by atoms with van der Waals surface area (Å²) in [5, 5.41) is 1.01. The number of amides is 1. The zero-order valence-electron chi connectivity index (χ0n) is 13.5. The van der Waals surface area contributed by atoms with Crippen molar-refractivity contribution in [1.29, 1.82) is 0 Å². The van der Waals surface area contributed by atoms with Crippen LogP contribution in [0.5, 0.6) is 0 Å². The molecule has 0 aromatic carbocycles. The van der Waals surface area contributed by atoms with Crippen LogP contribution in [0.3, 0.4) is 0 Å². The first-order valence-electron chi connectivity index (χ1n) is 7.65. The largest absolute Gasteiger partial charge is 0.372 e. The molecule has 0 saturated carbocycles. The normalized spacial score (nSPS) is 22.1. The number of rotatable bonds is 2. The third-order valence-corrected chi connectivity index (χ3v) is 5.35. The van der Waals surface area contributed by atoms with Gasteiger partial charge >= 0.3 is 0 Å². The molecule has 2 aromatic heterocycles. The Morgan fingerprint density at radius 2 is 1.77 bits per heavy atom. The average molecular weight is 318 g/mol. The Morgan fingerprint density at radius 1 is 1.18 bits per heavy atom. The SMILES string of the molecule is Cc1sc(-n2cccc2)c(C(=O)N2CC(C)OC(C)C2)c1C. The Balaban J connectivity index is 1.99. The highest BCUT2D eigenvalue weighted by Crippen LogP contribution is 2.32. The van der Waals surface area contributed by atoms with Crippen LogP contribution in [0.1, 0.15) is 34.6 Å². The monoisotopic (exact) mass is 318 g/mol. The minimum Gasteiger partial charge on any atom is -0.372 e. The number of thiophene rings is 1. The molecule has 0 N–H and O–H groups in total. The number of nitrogens with zero attached hydrogens (tertiary/aromatic N) is 2. The molecule has 3 heterocycles. The minimum absolute atomic E-state index is 0.0859. The maximum atomic E-state index is 13.1. The predicted molar refractivity (Wildman–Crippen MR) is 89.0 cm³/mol. The van der Waals surface area contributed by atoms with E-state index in [9.17, 15) is 4.79 Å². The molecular formula is C17H22N2O2S. The van der Waals surface area contributed by atoms with Crippen LogP contribution in [-0.4, -0.2) is 40.7 Å². The summed E-state index contributed by atoms with van der Waals surface area (Å²) in [5.74, 6) is 0.118. The first-order chi connectivity index (χ1) is 10.5. The molecule has 1 saturated heterocycles. The third kappa shape index (κ3) is 2.71. The summed E-state index contributed by atoms with van der Waals surface area (Å²) >= 11 is 1.68. The smallest absolute Gasteiger partial charge is 0.257 e. The summed E-state index contributed by atoms with van der Waals surface area (Å²) < 4.78 is 7.78. The Morgan fingerprint density at radius 3 is 2.36 bits per heavy atom. The minimum atomic E-state index is 0.0859. The molecule has 1 aliphatic heterocycles. The van der Waals surface area contributed by atoms with Gasteiger partial charge in [-0.1, -0.05) is 0 Å². The first-order valence-corrected chi connectivity index (χ1v) is 8.47. The van der Waals surface area contributed by atoms with Gasteiger partial charge < -0.3 is 14.2 Å². The highest BCUT2D eigenvalue weighted by molar-refractivity contribution is 7.15. The number of hydrogen-bond acceptors (Lipinski definition) is 3. The molecule has 0 bridgehead atoms. The second kappa shape index (κ2) is 5.89. The van der Waals surface area contributed by atoms with Crippen molar-refractivity contribution in [2.24, 2.45) is 0 Å². The summed E-state index contributed by atoms with van der Waals surface area (Å²) in [6, 6.07) is 3.97. The molecule has 0 spiro atoms. The number of morpholine rings is 1. The summed E-state index contributed by atoms with van der Waals surface area (Å²) in [6.07, 6.45) is 4.16. The van der Waals surface area contributed by atoms with Crippen molar-refractivity contribution in [2.75, 3.05) is 13.1 Å². The third-order valence-electron chi connectivity index (χ3n) is 4.13. The molecule has 118 valence electrons. The van der Waals surface area contributed by atoms with Crippen LogP contribution < -0.4 is 0 Å². The number of ether oxygens (including phenoxy) is 1. The van der Waals surface area contributed by atoms with E-state index < -0.39 is 0 Å². The summed E-state index contributed by atoms with van der Waals surface area (Å²) in [5.41, 5.74) is 1.92. The highest BCUT2D eigenvalue weighted by atomic mass is 32.1. The lowest BCUT2D eigenvalue weighted by Gasteiger charge is -2.35. The van der Waals surface area contributed by atoms with E-state index in [-0.39, 0.29) is 18.1 Å². The van der Waals surface area contributed by atoms with Crippen LogP contribution >= 0.6 is 11.3 Å². The van der Waals surface area contributed by atoms with Gasteiger partial charge in [-0.15, -0.1) is 11.3 Å². The van der Waals surface area contributed by atoms with Crippen LogP contribution in [0.4, 0.5) is 0 Å². The van der Waals surface area contributed by atoms with Crippen LogP contribution in [-0.2, 0) is 4.74 Å². The predicted octanol–water partition coefficient (Wildman–Crippen LogP) is 3.41. The summed E-state index contributed by atoms with van der Waals surface area (Å²) in [7, 11) is 0. The fourth-order valence-electron chi connectivity index (χ4n) is 3.01. The molecule has 2 unspecified atom stereocenters. The second-order valence-electron chi connectivity index (χ2n) is 6.02. The molecule has 4 nitrogen and oxygen atoms in total. The fourth-order valence-corrected chi connectivity index (χ4v) is 4.13. The van der Waals surface area contributed by atoms with Gasteiger partial charge in [0.15, 0.2) is 0 Å². The number of hydrogen-bond donors (Lipinski definition) is 0. The van der Waals surface area contributed by atoms with Gasteiger partial charge in [0, 0.05) is 30.4 Å². The number of aromatic nitrogens is 1. The van der Waals surface area contributed by atoms with Crippen molar-refractivity contribution in [3.05, 3.63) is 40.5 Å². The lowest BCUT2D eigenvalue weighted by Crippen LogP contribution is -2.48. The first kappa shape index (κ1) is 15.3. The van der Waals surface area contributed by atoms with Crippen molar-refractivity contribution in [3.8, 4) is 5.00 Å². The van der Waals surface area contributed by atoms with E-state index in [4.69, 9.17) is 4.74 Å². The molecule has 0 radical (unpaired) electrons. The van der Waals surface area contributed by atoms with Crippen molar-refractivity contribution < 1.29 is 9.53 Å². The molecular weight excluding hydrogens is 296 g/mol. The zero-order chi connectivity index (χ0) is 15.9. The Bertz CT molecular complexity index is 665. The number of aryl methyl sites for hydroxylation is 1. The van der Waals surface area contributed by atoms with Crippen molar-refractivity contribution >= 4 is 17.2 Å². The van der Waals surface area contributed by atoms with Gasteiger partial charge in [0.2, 0.25) is 0 Å². The maximum Gasteiger partial charge on any atom is 0.257 e. The van der Waals surface area contributed by atoms with Gasteiger partial charge in [-0.3, -0.25) is 4.79 Å². The molecule has 3 rings (SSSR count). The van der Waals surface area contributed by atoms with E-state index in [0.717, 1.165) is 16.1 Å². The van der Waals surface area contributed by atoms with Crippen LogP contribution in [0.15, 0.2) is 24.5 Å². The quantitative estimate of drug-likeness (QED) is 0.850. The maximum absolute atomic E-state index is 13.1. The molecule has 1 fully saturated rings. The van der Waals surface area contributed by atoms with E-state index in [1.54, 1.807) is 11.3 Å². The number of carbonyl (C=O) groups is 1. The lowest BCUT2D eigenvalue weighted by atomic mass is 10.1. The Hall–Kier alpha value is -1.59. The van der Waals surface area contributed by atoms with Gasteiger partial charge in [0.05, 0.1) is 17.8 Å². The molecule has 2 atom stereocenters. The average Bonchev–Trinajstić information content (AvgIpc) is 3.07. The number of carbonyl (C=O) groups excluding carboxylic acids is 1. The van der Waals surface area contributed by atoms with Gasteiger partial charge in [0.1, 0.15) is 5.00 Å². The molecule has 1 aliphatic rings. The van der Waals surface area contributed by atoms with E-state index in [1.807, 2.05) is 54.8 Å². The van der Waals surface area contributed by atoms with Crippen LogP contribution in [0.25, 0.3) is 5.00 Å². The highest BCUT2D eigenvalue weighted by Gasteiger charge is 2.30. The van der Waals surface area contributed by atoms with Crippen molar-refractivity contribution in [1.82, 2.24) is 9.47 Å². The molecule has 5 heteroatoms. The van der Waals surface area contributed by atoms with E-state index in [0.29, 0.717) is 13.1 Å². The second-order valence-corrected chi connectivity index (χ2v) is 7.22. The van der Waals surface area contributed by atoms with E-state index in [2.05, 4.69) is 6.92 Å². The van der Waals surface area contributed by atoms with Gasteiger partial charge in [-0.25, -0.2) is 0 Å². The van der Waals surface area contributed by atoms with E-state index in [1.165, 1.54) is 4.88 Å². The van der Waals surface area contributed by atoms with Crippen LogP contribution in [0.2, 0.25) is 0 Å². The summed E-state index contributed by atoms with van der Waals surface area (Å²) in [6.45, 7) is 9.47. The van der Waals surface area contributed by atoms with Gasteiger partial charge in [0.25, 0.3) is 5.91 Å². The molecule has 1 amide bonds. The zero-order valence-corrected chi connectivity index (χ0v) is 14.3. The molecule has 2 aromatic rings. The standard InChI is InChI=1S/C17H22N2O2S/c1-11-9-19(10-12(2)21-11)16(20)15-13(3)14(4)22-17(15)18-7-5-6-8-18/h5-8,11-12H,9-10H2,1-4H3. The summed E-state index contributed by atoms with van der Waals surface area (Å²) in [4.78, 5) is 16.2. The molecule has 22 heavy (non-hydrogen) atoms. The van der Waals surface area contributed by atoms with Gasteiger partial charge in [-0.05, 0) is 45.4 Å². The Kier molecular flexibility index (Phi) is 4.10.